The molecule has 4 nitrogen and oxygen atoms in total. The molecule has 0 aromatic rings. The summed E-state index contributed by atoms with van der Waals surface area (Å²) in [6.45, 7) is 6.69. The summed E-state index contributed by atoms with van der Waals surface area (Å²) in [7, 11) is 0. The molecular formula is C9H19NO3. The first-order valence-electron chi connectivity index (χ1n) is 4.75. The zero-order valence-electron chi connectivity index (χ0n) is 8.63. The molecule has 0 heterocycles. The highest BCUT2D eigenvalue weighted by Crippen LogP contribution is 1.92. The molecular weight excluding hydrogens is 170 g/mol. The van der Waals surface area contributed by atoms with E-state index in [-0.39, 0.29) is 6.23 Å². The normalized spacial score (nSPS) is 12.2. The molecule has 0 aromatic carbocycles. The van der Waals surface area contributed by atoms with Gasteiger partial charge in [0.1, 0.15) is 6.23 Å². The number of hydrogen-bond donors (Lipinski definition) is 1. The summed E-state index contributed by atoms with van der Waals surface area (Å²) in [4.78, 5) is 10.9. The Morgan fingerprint density at radius 1 is 1.46 bits per heavy atom. The van der Waals surface area contributed by atoms with E-state index >= 15 is 0 Å². The van der Waals surface area contributed by atoms with Crippen molar-refractivity contribution in [1.29, 1.82) is 0 Å². The SMILES string of the molecule is CCCCOC(C)NC(=O)OCC. The summed E-state index contributed by atoms with van der Waals surface area (Å²) in [6, 6.07) is 0. The molecule has 0 radical (unpaired) electrons. The van der Waals surface area contributed by atoms with Crippen LogP contribution in [0.4, 0.5) is 4.79 Å². The van der Waals surface area contributed by atoms with Gasteiger partial charge in [-0.25, -0.2) is 4.79 Å². The van der Waals surface area contributed by atoms with Gasteiger partial charge in [0.05, 0.1) is 6.61 Å². The van der Waals surface area contributed by atoms with E-state index in [4.69, 9.17) is 4.74 Å². The summed E-state index contributed by atoms with van der Waals surface area (Å²) in [5, 5.41) is 2.56. The van der Waals surface area contributed by atoms with Gasteiger partial charge in [-0.1, -0.05) is 13.3 Å². The Morgan fingerprint density at radius 2 is 2.15 bits per heavy atom. The zero-order chi connectivity index (χ0) is 10.1. The van der Waals surface area contributed by atoms with Crippen LogP contribution in [0.15, 0.2) is 0 Å². The quantitative estimate of drug-likeness (QED) is 0.512. The Kier molecular flexibility index (Phi) is 7.39. The van der Waals surface area contributed by atoms with Gasteiger partial charge in [0.15, 0.2) is 0 Å². The van der Waals surface area contributed by atoms with Crippen LogP contribution in [0.1, 0.15) is 33.6 Å². The molecule has 0 saturated heterocycles. The Morgan fingerprint density at radius 3 is 2.69 bits per heavy atom. The second kappa shape index (κ2) is 7.86. The van der Waals surface area contributed by atoms with Crippen molar-refractivity contribution in [3.8, 4) is 0 Å². The largest absolute Gasteiger partial charge is 0.450 e. The fourth-order valence-electron chi connectivity index (χ4n) is 0.785. The van der Waals surface area contributed by atoms with Gasteiger partial charge < -0.3 is 9.47 Å². The average Bonchev–Trinajstić information content (AvgIpc) is 2.05. The lowest BCUT2D eigenvalue weighted by molar-refractivity contribution is 0.0368. The number of rotatable bonds is 6. The maximum atomic E-state index is 10.9. The molecule has 1 amide bonds. The molecule has 1 N–H and O–H groups in total. The number of hydrogen-bond acceptors (Lipinski definition) is 3. The first kappa shape index (κ1) is 12.2. The van der Waals surface area contributed by atoms with Crippen molar-refractivity contribution in [2.45, 2.75) is 39.8 Å². The molecule has 13 heavy (non-hydrogen) atoms. The number of carbonyl (C=O) groups excluding carboxylic acids is 1. The van der Waals surface area contributed by atoms with E-state index in [0.29, 0.717) is 13.2 Å². The lowest BCUT2D eigenvalue weighted by Crippen LogP contribution is -2.35. The lowest BCUT2D eigenvalue weighted by Gasteiger charge is -2.13. The molecule has 0 aliphatic carbocycles. The summed E-state index contributed by atoms with van der Waals surface area (Å²) in [5.41, 5.74) is 0. The standard InChI is InChI=1S/C9H19NO3/c1-4-6-7-13-8(3)10-9(11)12-5-2/h8H,4-7H2,1-3H3,(H,10,11). The first-order valence-corrected chi connectivity index (χ1v) is 4.75. The van der Waals surface area contributed by atoms with Crippen LogP contribution >= 0.6 is 0 Å². The molecule has 1 atom stereocenters. The Bertz CT molecular complexity index is 139. The minimum Gasteiger partial charge on any atom is -0.450 e. The van der Waals surface area contributed by atoms with Gasteiger partial charge in [-0.15, -0.1) is 0 Å². The van der Waals surface area contributed by atoms with Crippen molar-refractivity contribution < 1.29 is 14.3 Å². The highest BCUT2D eigenvalue weighted by Gasteiger charge is 2.06. The molecule has 0 bridgehead atoms. The summed E-state index contributed by atoms with van der Waals surface area (Å²) < 4.78 is 9.98. The molecule has 0 aromatic heterocycles. The van der Waals surface area contributed by atoms with Gasteiger partial charge in [0.25, 0.3) is 0 Å². The second-order valence-corrected chi connectivity index (χ2v) is 2.73. The van der Waals surface area contributed by atoms with Crippen molar-refractivity contribution >= 4 is 6.09 Å². The smallest absolute Gasteiger partial charge is 0.409 e. The van der Waals surface area contributed by atoms with Crippen LogP contribution in [0.2, 0.25) is 0 Å². The Labute approximate surface area is 79.6 Å². The van der Waals surface area contributed by atoms with Gasteiger partial charge in [-0.2, -0.15) is 0 Å². The molecule has 0 saturated carbocycles. The van der Waals surface area contributed by atoms with E-state index in [1.165, 1.54) is 0 Å². The van der Waals surface area contributed by atoms with Crippen LogP contribution in [0.25, 0.3) is 0 Å². The summed E-state index contributed by atoms with van der Waals surface area (Å²) >= 11 is 0. The van der Waals surface area contributed by atoms with Gasteiger partial charge in [-0.05, 0) is 20.3 Å². The van der Waals surface area contributed by atoms with Gasteiger partial charge in [0, 0.05) is 6.61 Å². The van der Waals surface area contributed by atoms with Crippen LogP contribution in [-0.2, 0) is 9.47 Å². The fraction of sp³-hybridized carbons (Fsp3) is 0.889. The lowest BCUT2D eigenvalue weighted by atomic mass is 10.4. The van der Waals surface area contributed by atoms with Crippen LogP contribution in [0, 0.1) is 0 Å². The molecule has 78 valence electrons. The number of amides is 1. The maximum absolute atomic E-state index is 10.9. The number of unbranched alkanes of at least 4 members (excludes halogenated alkanes) is 1. The van der Waals surface area contributed by atoms with E-state index < -0.39 is 6.09 Å². The maximum Gasteiger partial charge on any atom is 0.409 e. The van der Waals surface area contributed by atoms with E-state index in [2.05, 4.69) is 17.0 Å². The Balaban J connectivity index is 3.38. The van der Waals surface area contributed by atoms with Crippen molar-refractivity contribution in [3.05, 3.63) is 0 Å². The molecule has 4 heteroatoms. The molecule has 0 spiro atoms. The molecule has 0 aliphatic rings. The molecule has 0 aliphatic heterocycles. The van der Waals surface area contributed by atoms with Gasteiger partial charge >= 0.3 is 6.09 Å². The van der Waals surface area contributed by atoms with Crippen molar-refractivity contribution in [2.75, 3.05) is 13.2 Å². The Hall–Kier alpha value is -0.770. The summed E-state index contributed by atoms with van der Waals surface area (Å²) in [6.07, 6.45) is 1.40. The third-order valence-electron chi connectivity index (χ3n) is 1.46. The average molecular weight is 189 g/mol. The van der Waals surface area contributed by atoms with Crippen molar-refractivity contribution in [2.24, 2.45) is 0 Å². The third-order valence-corrected chi connectivity index (χ3v) is 1.46. The minimum absolute atomic E-state index is 0.273. The van der Waals surface area contributed by atoms with Crippen molar-refractivity contribution in [3.63, 3.8) is 0 Å². The molecule has 0 rings (SSSR count). The number of nitrogens with one attached hydrogen (secondary N) is 1. The van der Waals surface area contributed by atoms with Crippen molar-refractivity contribution in [1.82, 2.24) is 5.32 Å². The molecule has 1 unspecified atom stereocenters. The second-order valence-electron chi connectivity index (χ2n) is 2.73. The minimum atomic E-state index is -0.425. The predicted octanol–water partition coefficient (Wildman–Crippen LogP) is 1.90. The van der Waals surface area contributed by atoms with E-state index in [1.807, 2.05) is 0 Å². The third kappa shape index (κ3) is 7.59. The van der Waals surface area contributed by atoms with E-state index in [0.717, 1.165) is 12.8 Å². The number of alkyl carbamates (subject to hydrolysis) is 1. The van der Waals surface area contributed by atoms with Crippen LogP contribution < -0.4 is 5.32 Å². The fourth-order valence-corrected chi connectivity index (χ4v) is 0.785. The number of ether oxygens (including phenoxy) is 2. The highest BCUT2D eigenvalue weighted by molar-refractivity contribution is 5.67. The first-order chi connectivity index (χ1) is 6.20. The van der Waals surface area contributed by atoms with E-state index in [9.17, 15) is 4.79 Å². The van der Waals surface area contributed by atoms with Crippen LogP contribution in [0.5, 0.6) is 0 Å². The topological polar surface area (TPSA) is 47.6 Å². The van der Waals surface area contributed by atoms with Gasteiger partial charge in [0.2, 0.25) is 0 Å². The van der Waals surface area contributed by atoms with Crippen LogP contribution in [-0.4, -0.2) is 25.5 Å². The van der Waals surface area contributed by atoms with Gasteiger partial charge in [-0.3, -0.25) is 5.32 Å². The summed E-state index contributed by atoms with van der Waals surface area (Å²) in [5.74, 6) is 0. The zero-order valence-corrected chi connectivity index (χ0v) is 8.63. The number of carbonyl (C=O) groups is 1. The monoisotopic (exact) mass is 189 g/mol. The highest BCUT2D eigenvalue weighted by atomic mass is 16.6. The predicted molar refractivity (Wildman–Crippen MR) is 50.5 cm³/mol. The molecule has 0 fully saturated rings. The van der Waals surface area contributed by atoms with Crippen LogP contribution in [0.3, 0.4) is 0 Å². The van der Waals surface area contributed by atoms with E-state index in [1.54, 1.807) is 13.8 Å².